The molecule has 0 aromatic rings. The van der Waals surface area contributed by atoms with Crippen molar-refractivity contribution in [2.75, 3.05) is 0 Å². The first-order valence-electron chi connectivity index (χ1n) is 3.05. The van der Waals surface area contributed by atoms with Gasteiger partial charge in [0.15, 0.2) is 0 Å². The van der Waals surface area contributed by atoms with Gasteiger partial charge in [-0.05, 0) is 0 Å². The number of rotatable bonds is 2. The molecule has 0 aromatic heterocycles. The van der Waals surface area contributed by atoms with Crippen LogP contribution in [0, 0.1) is 0 Å². The van der Waals surface area contributed by atoms with Gasteiger partial charge in [-0.15, -0.1) is 0 Å². The SMILES string of the molecule is C=CCC1=[C]([Zr+2])CC=C1.[Cl-].[Cl-]. The summed E-state index contributed by atoms with van der Waals surface area (Å²) < 4.78 is 1.59. The van der Waals surface area contributed by atoms with E-state index in [0.29, 0.717) is 0 Å². The van der Waals surface area contributed by atoms with Crippen molar-refractivity contribution in [3.63, 3.8) is 0 Å². The average molecular weight is 267 g/mol. The number of allylic oxidation sites excluding steroid dienone is 5. The summed E-state index contributed by atoms with van der Waals surface area (Å²) in [5, 5.41) is 0. The first-order valence-corrected chi connectivity index (χ1v) is 4.28. The molecule has 0 unspecified atom stereocenters. The third-order valence-electron chi connectivity index (χ3n) is 1.39. The summed E-state index contributed by atoms with van der Waals surface area (Å²) in [6.45, 7) is 3.70. The van der Waals surface area contributed by atoms with Crippen LogP contribution in [-0.2, 0) is 24.7 Å². The summed E-state index contributed by atoms with van der Waals surface area (Å²) in [6, 6.07) is 0. The molecule has 0 bridgehead atoms. The van der Waals surface area contributed by atoms with Crippen LogP contribution in [-0.4, -0.2) is 0 Å². The summed E-state index contributed by atoms with van der Waals surface area (Å²) >= 11 is 1.56. The second-order valence-electron chi connectivity index (χ2n) is 2.10. The smallest absolute Gasteiger partial charge is 1.00 e. The summed E-state index contributed by atoms with van der Waals surface area (Å²) in [7, 11) is 0. The molecular weight excluding hydrogens is 258 g/mol. The standard InChI is InChI=1S/C8H9.2ClH.Zr/c1-2-5-8-6-3-4-7-8;;;/h2-3,6H,1,4-5H2;2*1H;/q;;;+2/p-2. The molecule has 0 fully saturated rings. The van der Waals surface area contributed by atoms with Crippen molar-refractivity contribution >= 4 is 0 Å². The van der Waals surface area contributed by atoms with E-state index in [9.17, 15) is 0 Å². The first-order chi connectivity index (χ1) is 4.34. The fourth-order valence-electron chi connectivity index (χ4n) is 0.897. The van der Waals surface area contributed by atoms with Crippen molar-refractivity contribution in [2.45, 2.75) is 12.8 Å². The van der Waals surface area contributed by atoms with Gasteiger partial charge in [0.1, 0.15) is 0 Å². The summed E-state index contributed by atoms with van der Waals surface area (Å²) in [6.07, 6.45) is 8.64. The third-order valence-corrected chi connectivity index (χ3v) is 2.68. The van der Waals surface area contributed by atoms with Crippen LogP contribution in [0.25, 0.3) is 0 Å². The van der Waals surface area contributed by atoms with Crippen LogP contribution in [0.4, 0.5) is 0 Å². The summed E-state index contributed by atoms with van der Waals surface area (Å²) in [5.41, 5.74) is 1.49. The Kier molecular flexibility index (Phi) is 9.49. The minimum absolute atomic E-state index is 0. The topological polar surface area (TPSA) is 0 Å². The van der Waals surface area contributed by atoms with E-state index in [4.69, 9.17) is 0 Å². The fraction of sp³-hybridized carbons (Fsp3) is 0.250. The molecule has 0 aliphatic heterocycles. The predicted octanol–water partition coefficient (Wildman–Crippen LogP) is -3.67. The normalized spacial score (nSPS) is 14.0. The van der Waals surface area contributed by atoms with Crippen LogP contribution in [0.1, 0.15) is 12.8 Å². The van der Waals surface area contributed by atoms with Gasteiger partial charge < -0.3 is 24.8 Å². The van der Waals surface area contributed by atoms with E-state index < -0.39 is 0 Å². The molecule has 3 heteroatoms. The molecule has 0 radical (unpaired) electrons. The van der Waals surface area contributed by atoms with E-state index in [1.807, 2.05) is 6.08 Å². The van der Waals surface area contributed by atoms with E-state index in [-0.39, 0.29) is 24.8 Å². The van der Waals surface area contributed by atoms with Gasteiger partial charge in [-0.1, -0.05) is 0 Å². The molecule has 59 valence electrons. The van der Waals surface area contributed by atoms with E-state index >= 15 is 0 Å². The Bertz CT molecular complexity index is 183. The molecule has 11 heavy (non-hydrogen) atoms. The number of hydrogen-bond donors (Lipinski definition) is 0. The Morgan fingerprint density at radius 2 is 2.18 bits per heavy atom. The van der Waals surface area contributed by atoms with Gasteiger partial charge in [-0.25, -0.2) is 0 Å². The van der Waals surface area contributed by atoms with Gasteiger partial charge in [0, 0.05) is 0 Å². The zero-order valence-electron chi connectivity index (χ0n) is 6.11. The van der Waals surface area contributed by atoms with Crippen LogP contribution in [0.3, 0.4) is 0 Å². The van der Waals surface area contributed by atoms with Gasteiger partial charge in [-0.3, -0.25) is 0 Å². The molecule has 0 amide bonds. The first kappa shape index (κ1) is 14.2. The molecule has 1 aliphatic rings. The van der Waals surface area contributed by atoms with Crippen molar-refractivity contribution < 1.29 is 49.5 Å². The fourth-order valence-corrected chi connectivity index (χ4v) is 1.64. The van der Waals surface area contributed by atoms with Gasteiger partial charge in [0.2, 0.25) is 0 Å². The van der Waals surface area contributed by atoms with Gasteiger partial charge in [0.05, 0.1) is 0 Å². The maximum absolute atomic E-state index is 3.70. The van der Waals surface area contributed by atoms with E-state index in [1.54, 1.807) is 28.0 Å². The minimum atomic E-state index is 0. The zero-order chi connectivity index (χ0) is 6.69. The van der Waals surface area contributed by atoms with Gasteiger partial charge >= 0.3 is 71.2 Å². The molecule has 0 saturated heterocycles. The van der Waals surface area contributed by atoms with Crippen LogP contribution >= 0.6 is 0 Å². The molecule has 0 atom stereocenters. The molecule has 1 rings (SSSR count). The van der Waals surface area contributed by atoms with Gasteiger partial charge in [0.25, 0.3) is 0 Å². The average Bonchev–Trinajstić information content (AvgIpc) is 2.18. The van der Waals surface area contributed by atoms with Crippen molar-refractivity contribution in [2.24, 2.45) is 0 Å². The minimum Gasteiger partial charge on any atom is -1.00 e. The molecule has 1 aliphatic carbocycles. The Morgan fingerprint density at radius 3 is 2.55 bits per heavy atom. The van der Waals surface area contributed by atoms with Crippen molar-refractivity contribution in [1.29, 1.82) is 0 Å². The van der Waals surface area contributed by atoms with Crippen LogP contribution in [0.5, 0.6) is 0 Å². The molecule has 0 spiro atoms. The maximum Gasteiger partial charge on any atom is -1.00 e. The Hall–Kier alpha value is 0.683. The second-order valence-corrected chi connectivity index (χ2v) is 3.59. The zero-order valence-corrected chi connectivity index (χ0v) is 10.1. The monoisotopic (exact) mass is 265 g/mol. The molecule has 0 saturated carbocycles. The van der Waals surface area contributed by atoms with E-state index in [2.05, 4.69) is 18.7 Å². The van der Waals surface area contributed by atoms with Crippen molar-refractivity contribution in [3.8, 4) is 0 Å². The Labute approximate surface area is 95.5 Å². The molecular formula is C8H9Cl2Zr. The summed E-state index contributed by atoms with van der Waals surface area (Å²) in [5.74, 6) is 0. The molecule has 0 aromatic carbocycles. The Balaban J connectivity index is 0. The van der Waals surface area contributed by atoms with E-state index in [0.717, 1.165) is 6.42 Å². The van der Waals surface area contributed by atoms with Crippen LogP contribution in [0.2, 0.25) is 0 Å². The molecule has 0 heterocycles. The van der Waals surface area contributed by atoms with Crippen LogP contribution < -0.4 is 24.8 Å². The quantitative estimate of drug-likeness (QED) is 0.452. The third kappa shape index (κ3) is 4.30. The van der Waals surface area contributed by atoms with E-state index in [1.165, 1.54) is 12.0 Å². The number of halogens is 2. The Morgan fingerprint density at radius 1 is 1.55 bits per heavy atom. The summed E-state index contributed by atoms with van der Waals surface area (Å²) in [4.78, 5) is 0. The largest absolute Gasteiger partial charge is 1.00 e. The van der Waals surface area contributed by atoms with Crippen LogP contribution in [0.15, 0.2) is 33.7 Å². The second kappa shape index (κ2) is 7.34. The predicted molar refractivity (Wildman–Crippen MR) is 35.6 cm³/mol. The molecule has 0 N–H and O–H groups in total. The molecule has 0 nitrogen and oxygen atoms in total. The maximum atomic E-state index is 3.70. The number of hydrogen-bond acceptors (Lipinski definition) is 0. The van der Waals surface area contributed by atoms with Crippen molar-refractivity contribution in [3.05, 3.63) is 33.7 Å². The van der Waals surface area contributed by atoms with Gasteiger partial charge in [-0.2, -0.15) is 0 Å². The van der Waals surface area contributed by atoms with Crippen molar-refractivity contribution in [1.82, 2.24) is 0 Å².